The van der Waals surface area contributed by atoms with Crippen molar-refractivity contribution in [1.82, 2.24) is 14.8 Å². The van der Waals surface area contributed by atoms with E-state index in [1.807, 2.05) is 12.2 Å². The Morgan fingerprint density at radius 1 is 1.42 bits per heavy atom. The minimum absolute atomic E-state index is 0.0838. The smallest absolute Gasteiger partial charge is 0.137 e. The van der Waals surface area contributed by atoms with E-state index in [-0.39, 0.29) is 12.1 Å². The van der Waals surface area contributed by atoms with Gasteiger partial charge in [0, 0.05) is 17.5 Å². The molecule has 26 heavy (non-hydrogen) atoms. The van der Waals surface area contributed by atoms with Gasteiger partial charge in [-0.3, -0.25) is 0 Å². The molecule has 2 aromatic rings. The molecule has 5 nitrogen and oxygen atoms in total. The van der Waals surface area contributed by atoms with E-state index in [1.165, 1.54) is 23.4 Å². The molecule has 0 radical (unpaired) electrons. The van der Waals surface area contributed by atoms with Crippen molar-refractivity contribution in [1.29, 1.82) is 5.26 Å². The highest BCUT2D eigenvalue weighted by Gasteiger charge is 2.49. The maximum atomic E-state index is 14.6. The third kappa shape index (κ3) is 3.04. The second kappa shape index (κ2) is 6.81. The van der Waals surface area contributed by atoms with Crippen LogP contribution in [0, 0.1) is 34.3 Å². The van der Waals surface area contributed by atoms with Crippen LogP contribution in [0.3, 0.4) is 0 Å². The lowest BCUT2D eigenvalue weighted by molar-refractivity contribution is -0.0662. The summed E-state index contributed by atoms with van der Waals surface area (Å²) in [6.45, 7) is 1.56. The molecule has 1 unspecified atom stereocenters. The first-order chi connectivity index (χ1) is 12.4. The van der Waals surface area contributed by atoms with Crippen molar-refractivity contribution in [3.8, 4) is 6.07 Å². The Morgan fingerprint density at radius 2 is 2.23 bits per heavy atom. The third-order valence-corrected chi connectivity index (χ3v) is 5.06. The molecule has 0 amide bonds. The summed E-state index contributed by atoms with van der Waals surface area (Å²) in [5.74, 6) is -2.33. The van der Waals surface area contributed by atoms with E-state index >= 15 is 0 Å². The molecule has 1 heterocycles. The van der Waals surface area contributed by atoms with Crippen molar-refractivity contribution in [2.45, 2.75) is 25.5 Å². The van der Waals surface area contributed by atoms with Crippen LogP contribution in [0.1, 0.15) is 18.9 Å². The molecule has 0 bridgehead atoms. The summed E-state index contributed by atoms with van der Waals surface area (Å²) >= 11 is 0. The second-order valence-electron chi connectivity index (χ2n) is 6.51. The van der Waals surface area contributed by atoms with Crippen molar-refractivity contribution in [3.63, 3.8) is 0 Å². The number of aromatic nitrogens is 3. The summed E-state index contributed by atoms with van der Waals surface area (Å²) in [6, 6.07) is 5.29. The standard InChI is InChI=1S/C19H18F2N4O/c1-14(18(10-22)7-3-2-4-8-18)19(26,11-25-13-23-12-24-25)16-6-5-15(20)9-17(16)21/h2-7,9,12-14,26H,8,11H2,1H3/t14-,18?,19-/m1/s1. The fourth-order valence-electron chi connectivity index (χ4n) is 3.42. The van der Waals surface area contributed by atoms with Gasteiger partial charge >= 0.3 is 0 Å². The normalized spacial score (nSPS) is 22.6. The Balaban J connectivity index is 2.12. The van der Waals surface area contributed by atoms with Crippen molar-refractivity contribution >= 4 is 0 Å². The van der Waals surface area contributed by atoms with Gasteiger partial charge in [-0.1, -0.05) is 37.3 Å². The minimum Gasteiger partial charge on any atom is -0.383 e. The van der Waals surface area contributed by atoms with Gasteiger partial charge in [-0.25, -0.2) is 18.4 Å². The fourth-order valence-corrected chi connectivity index (χ4v) is 3.42. The zero-order valence-corrected chi connectivity index (χ0v) is 14.2. The Labute approximate surface area is 149 Å². The summed E-state index contributed by atoms with van der Waals surface area (Å²) in [4.78, 5) is 3.84. The fraction of sp³-hybridized carbons (Fsp3) is 0.316. The maximum absolute atomic E-state index is 14.6. The van der Waals surface area contributed by atoms with E-state index in [9.17, 15) is 19.1 Å². The van der Waals surface area contributed by atoms with E-state index in [4.69, 9.17) is 0 Å². The van der Waals surface area contributed by atoms with Crippen LogP contribution in [0.4, 0.5) is 8.78 Å². The van der Waals surface area contributed by atoms with Gasteiger partial charge in [-0.15, -0.1) is 0 Å². The quantitative estimate of drug-likeness (QED) is 0.893. The van der Waals surface area contributed by atoms with Crippen molar-refractivity contribution in [2.75, 3.05) is 0 Å². The predicted molar refractivity (Wildman–Crippen MR) is 90.4 cm³/mol. The summed E-state index contributed by atoms with van der Waals surface area (Å²) in [6.07, 6.45) is 10.2. The Bertz CT molecular complexity index is 887. The molecule has 0 spiro atoms. The zero-order chi connectivity index (χ0) is 18.8. The van der Waals surface area contributed by atoms with Crippen LogP contribution in [0.5, 0.6) is 0 Å². The van der Waals surface area contributed by atoms with Crippen molar-refractivity contribution < 1.29 is 13.9 Å². The SMILES string of the molecule is C[C@H](C1(C#N)C=CC=CC1)[C@](O)(Cn1cncn1)c1ccc(F)cc1F. The molecule has 0 saturated carbocycles. The highest BCUT2D eigenvalue weighted by molar-refractivity contribution is 5.32. The lowest BCUT2D eigenvalue weighted by atomic mass is 9.64. The van der Waals surface area contributed by atoms with Crippen molar-refractivity contribution in [3.05, 3.63) is 72.4 Å². The number of rotatable bonds is 5. The molecule has 134 valence electrons. The van der Waals surface area contributed by atoms with Gasteiger partial charge in [-0.05, 0) is 12.5 Å². The lowest BCUT2D eigenvalue weighted by Crippen LogP contribution is -2.46. The number of halogens is 2. The monoisotopic (exact) mass is 356 g/mol. The second-order valence-corrected chi connectivity index (χ2v) is 6.51. The van der Waals surface area contributed by atoms with Gasteiger partial charge in [0.25, 0.3) is 0 Å². The average Bonchev–Trinajstić information content (AvgIpc) is 3.14. The average molecular weight is 356 g/mol. The van der Waals surface area contributed by atoms with Crippen LogP contribution in [0.2, 0.25) is 0 Å². The Hall–Kier alpha value is -2.85. The molecular formula is C19H18F2N4O. The number of nitrogens with zero attached hydrogens (tertiary/aromatic N) is 4. The van der Waals surface area contributed by atoms with E-state index in [0.29, 0.717) is 6.42 Å². The van der Waals surface area contributed by atoms with E-state index in [1.54, 1.807) is 19.1 Å². The highest BCUT2D eigenvalue weighted by Crippen LogP contribution is 2.46. The summed E-state index contributed by atoms with van der Waals surface area (Å²) in [5, 5.41) is 25.4. The number of benzene rings is 1. The van der Waals surface area contributed by atoms with Gasteiger partial charge in [0.15, 0.2) is 0 Å². The maximum Gasteiger partial charge on any atom is 0.137 e. The van der Waals surface area contributed by atoms with Gasteiger partial charge < -0.3 is 5.11 Å². The molecule has 7 heteroatoms. The van der Waals surface area contributed by atoms with Crippen LogP contribution in [0.15, 0.2) is 55.2 Å². The molecular weight excluding hydrogens is 338 g/mol. The largest absolute Gasteiger partial charge is 0.383 e. The van der Waals surface area contributed by atoms with Crippen LogP contribution in [-0.4, -0.2) is 19.9 Å². The molecule has 3 rings (SSSR count). The molecule has 0 aliphatic heterocycles. The Kier molecular flexibility index (Phi) is 4.70. The first-order valence-corrected chi connectivity index (χ1v) is 8.17. The predicted octanol–water partition coefficient (Wildman–Crippen LogP) is 3.11. The molecule has 1 N–H and O–H groups in total. The number of nitriles is 1. The van der Waals surface area contributed by atoms with E-state index in [0.717, 1.165) is 12.1 Å². The summed E-state index contributed by atoms with van der Waals surface area (Å²) in [5.41, 5.74) is -2.93. The molecule has 0 fully saturated rings. The first kappa shape index (κ1) is 18.0. The zero-order valence-electron chi connectivity index (χ0n) is 14.2. The Morgan fingerprint density at radius 3 is 2.81 bits per heavy atom. The highest BCUT2D eigenvalue weighted by atomic mass is 19.1. The molecule has 0 saturated heterocycles. The van der Waals surface area contributed by atoms with Crippen LogP contribution in [0.25, 0.3) is 0 Å². The summed E-state index contributed by atoms with van der Waals surface area (Å²) < 4.78 is 29.3. The van der Waals surface area contributed by atoms with Crippen LogP contribution < -0.4 is 0 Å². The van der Waals surface area contributed by atoms with Crippen LogP contribution >= 0.6 is 0 Å². The van der Waals surface area contributed by atoms with Crippen molar-refractivity contribution in [2.24, 2.45) is 11.3 Å². The van der Waals surface area contributed by atoms with Gasteiger partial charge in [0.2, 0.25) is 0 Å². The van der Waals surface area contributed by atoms with E-state index < -0.39 is 28.6 Å². The molecule has 1 aliphatic carbocycles. The minimum atomic E-state index is -1.81. The van der Waals surface area contributed by atoms with Gasteiger partial charge in [0.1, 0.15) is 29.9 Å². The molecule has 1 aromatic carbocycles. The number of hydrogen-bond donors (Lipinski definition) is 1. The first-order valence-electron chi connectivity index (χ1n) is 8.17. The molecule has 1 aliphatic rings. The topological polar surface area (TPSA) is 74.7 Å². The molecule has 1 aromatic heterocycles. The van der Waals surface area contributed by atoms with E-state index in [2.05, 4.69) is 16.2 Å². The summed E-state index contributed by atoms with van der Waals surface area (Å²) in [7, 11) is 0. The van der Waals surface area contributed by atoms with Gasteiger partial charge in [0.05, 0.1) is 18.0 Å². The molecule has 3 atom stereocenters. The number of hydrogen-bond acceptors (Lipinski definition) is 4. The van der Waals surface area contributed by atoms with Gasteiger partial charge in [-0.2, -0.15) is 10.4 Å². The lowest BCUT2D eigenvalue weighted by Gasteiger charge is -2.42. The number of aliphatic hydroxyl groups is 1. The van der Waals surface area contributed by atoms with Crippen LogP contribution in [-0.2, 0) is 12.1 Å². The third-order valence-electron chi connectivity index (χ3n) is 5.06. The number of allylic oxidation sites excluding steroid dienone is 4.